The molecule has 1 aliphatic rings. The first-order valence-electron chi connectivity index (χ1n) is 7.06. The van der Waals surface area contributed by atoms with E-state index in [0.717, 1.165) is 30.9 Å². The van der Waals surface area contributed by atoms with Crippen molar-refractivity contribution in [1.29, 1.82) is 0 Å². The topological polar surface area (TPSA) is 67.6 Å². The minimum atomic E-state index is -0.639. The molecular formula is C15H23N3O2. The van der Waals surface area contributed by atoms with Gasteiger partial charge in [0.15, 0.2) is 0 Å². The fourth-order valence-electron chi connectivity index (χ4n) is 2.44. The largest absolute Gasteiger partial charge is 0.383 e. The highest BCUT2D eigenvalue weighted by atomic mass is 16.5. The van der Waals surface area contributed by atoms with Crippen molar-refractivity contribution < 1.29 is 9.53 Å². The SMILES string of the molecule is COCC(N)C(=O)Nc1ccccc1CN1CCCC1. The van der Waals surface area contributed by atoms with Crippen LogP contribution in [0.1, 0.15) is 18.4 Å². The highest BCUT2D eigenvalue weighted by molar-refractivity contribution is 5.95. The molecule has 0 spiro atoms. The Balaban J connectivity index is 2.01. The predicted molar refractivity (Wildman–Crippen MR) is 79.4 cm³/mol. The van der Waals surface area contributed by atoms with Gasteiger partial charge >= 0.3 is 0 Å². The molecule has 1 aromatic carbocycles. The van der Waals surface area contributed by atoms with E-state index in [1.165, 1.54) is 20.0 Å². The van der Waals surface area contributed by atoms with Gasteiger partial charge < -0.3 is 15.8 Å². The second-order valence-electron chi connectivity index (χ2n) is 5.19. The van der Waals surface area contributed by atoms with Gasteiger partial charge in [-0.3, -0.25) is 9.69 Å². The van der Waals surface area contributed by atoms with E-state index < -0.39 is 6.04 Å². The number of anilines is 1. The van der Waals surface area contributed by atoms with Crippen LogP contribution in [0.5, 0.6) is 0 Å². The maximum Gasteiger partial charge on any atom is 0.243 e. The molecule has 5 heteroatoms. The van der Waals surface area contributed by atoms with E-state index in [4.69, 9.17) is 10.5 Å². The maximum absolute atomic E-state index is 12.0. The first kappa shape index (κ1) is 15.0. The smallest absolute Gasteiger partial charge is 0.243 e. The quantitative estimate of drug-likeness (QED) is 0.820. The normalized spacial score (nSPS) is 17.1. The fraction of sp³-hybridized carbons (Fsp3) is 0.533. The number of benzene rings is 1. The molecule has 1 atom stereocenters. The van der Waals surface area contributed by atoms with Crippen molar-refractivity contribution in [1.82, 2.24) is 4.90 Å². The fourth-order valence-corrected chi connectivity index (χ4v) is 2.44. The number of hydrogen-bond donors (Lipinski definition) is 2. The summed E-state index contributed by atoms with van der Waals surface area (Å²) in [4.78, 5) is 14.4. The maximum atomic E-state index is 12.0. The number of carbonyl (C=O) groups excluding carboxylic acids is 1. The highest BCUT2D eigenvalue weighted by Gasteiger charge is 2.17. The minimum Gasteiger partial charge on any atom is -0.383 e. The van der Waals surface area contributed by atoms with Gasteiger partial charge in [0.25, 0.3) is 0 Å². The lowest BCUT2D eigenvalue weighted by Crippen LogP contribution is -2.39. The molecule has 110 valence electrons. The van der Waals surface area contributed by atoms with E-state index in [2.05, 4.69) is 16.3 Å². The Hall–Kier alpha value is -1.43. The van der Waals surface area contributed by atoms with E-state index >= 15 is 0 Å². The third-order valence-corrected chi connectivity index (χ3v) is 3.55. The van der Waals surface area contributed by atoms with Gasteiger partial charge in [-0.2, -0.15) is 0 Å². The lowest BCUT2D eigenvalue weighted by molar-refractivity contribution is -0.118. The van der Waals surface area contributed by atoms with Crippen LogP contribution in [0.4, 0.5) is 5.69 Å². The summed E-state index contributed by atoms with van der Waals surface area (Å²) >= 11 is 0. The zero-order valence-electron chi connectivity index (χ0n) is 12.0. The lowest BCUT2D eigenvalue weighted by Gasteiger charge is -2.18. The van der Waals surface area contributed by atoms with Gasteiger partial charge in [-0.05, 0) is 37.6 Å². The van der Waals surface area contributed by atoms with E-state index in [1.54, 1.807) is 0 Å². The highest BCUT2D eigenvalue weighted by Crippen LogP contribution is 2.20. The molecule has 1 fully saturated rings. The molecule has 0 saturated carbocycles. The third kappa shape index (κ3) is 4.03. The molecule has 1 amide bonds. The molecule has 1 aliphatic heterocycles. The van der Waals surface area contributed by atoms with Gasteiger partial charge in [-0.25, -0.2) is 0 Å². The van der Waals surface area contributed by atoms with Gasteiger partial charge in [0.05, 0.1) is 6.61 Å². The molecule has 1 aromatic rings. The van der Waals surface area contributed by atoms with E-state index in [9.17, 15) is 4.79 Å². The van der Waals surface area contributed by atoms with Crippen molar-refractivity contribution in [3.63, 3.8) is 0 Å². The molecular weight excluding hydrogens is 254 g/mol. The van der Waals surface area contributed by atoms with Crippen molar-refractivity contribution in [2.45, 2.75) is 25.4 Å². The van der Waals surface area contributed by atoms with Crippen LogP contribution in [0.3, 0.4) is 0 Å². The molecule has 2 rings (SSSR count). The first-order chi connectivity index (χ1) is 9.70. The monoisotopic (exact) mass is 277 g/mol. The summed E-state index contributed by atoms with van der Waals surface area (Å²) in [6.07, 6.45) is 2.51. The molecule has 5 nitrogen and oxygen atoms in total. The van der Waals surface area contributed by atoms with Crippen molar-refractivity contribution in [2.75, 3.05) is 32.1 Å². The number of rotatable bonds is 6. The number of amides is 1. The number of hydrogen-bond acceptors (Lipinski definition) is 4. The van der Waals surface area contributed by atoms with E-state index in [0.29, 0.717) is 0 Å². The second-order valence-corrected chi connectivity index (χ2v) is 5.19. The Morgan fingerprint density at radius 2 is 2.10 bits per heavy atom. The summed E-state index contributed by atoms with van der Waals surface area (Å²) in [6, 6.07) is 7.25. The van der Waals surface area contributed by atoms with Gasteiger partial charge in [0.2, 0.25) is 5.91 Å². The van der Waals surface area contributed by atoms with Crippen LogP contribution in [0.15, 0.2) is 24.3 Å². The number of likely N-dealkylation sites (tertiary alicyclic amines) is 1. The Bertz CT molecular complexity index is 444. The predicted octanol–water partition coefficient (Wildman–Crippen LogP) is 1.19. The van der Waals surface area contributed by atoms with Crippen LogP contribution < -0.4 is 11.1 Å². The average Bonchev–Trinajstić information content (AvgIpc) is 2.94. The summed E-state index contributed by atoms with van der Waals surface area (Å²) in [6.45, 7) is 3.35. The standard InChI is InChI=1S/C15H23N3O2/c1-20-11-13(16)15(19)17-14-7-3-2-6-12(14)10-18-8-4-5-9-18/h2-3,6-7,13H,4-5,8-11,16H2,1H3,(H,17,19). The van der Waals surface area contributed by atoms with Crippen LogP contribution in [0, 0.1) is 0 Å². The summed E-state index contributed by atoms with van der Waals surface area (Å²) in [5, 5.41) is 2.90. The zero-order valence-corrected chi connectivity index (χ0v) is 12.0. The van der Waals surface area contributed by atoms with Gasteiger partial charge in [-0.1, -0.05) is 18.2 Å². The van der Waals surface area contributed by atoms with Crippen LogP contribution in [0.25, 0.3) is 0 Å². The summed E-state index contributed by atoms with van der Waals surface area (Å²) < 4.78 is 4.91. The van der Waals surface area contributed by atoms with Crippen molar-refractivity contribution in [2.24, 2.45) is 5.73 Å². The zero-order chi connectivity index (χ0) is 14.4. The molecule has 1 heterocycles. The molecule has 0 radical (unpaired) electrons. The number of nitrogens with one attached hydrogen (secondary N) is 1. The number of ether oxygens (including phenoxy) is 1. The Morgan fingerprint density at radius 1 is 1.40 bits per heavy atom. The number of nitrogens with two attached hydrogens (primary N) is 1. The number of methoxy groups -OCH3 is 1. The molecule has 20 heavy (non-hydrogen) atoms. The average molecular weight is 277 g/mol. The molecule has 0 aromatic heterocycles. The molecule has 3 N–H and O–H groups in total. The molecule has 1 unspecified atom stereocenters. The minimum absolute atomic E-state index is 0.208. The van der Waals surface area contributed by atoms with Crippen LogP contribution >= 0.6 is 0 Å². The summed E-state index contributed by atoms with van der Waals surface area (Å²) in [5.74, 6) is -0.208. The van der Waals surface area contributed by atoms with E-state index in [1.807, 2.05) is 18.2 Å². The van der Waals surface area contributed by atoms with Crippen molar-refractivity contribution >= 4 is 11.6 Å². The second kappa shape index (κ2) is 7.38. The van der Waals surface area contributed by atoms with Crippen LogP contribution in [-0.2, 0) is 16.1 Å². The third-order valence-electron chi connectivity index (χ3n) is 3.55. The summed E-state index contributed by atoms with van der Waals surface area (Å²) in [7, 11) is 1.54. The molecule has 1 saturated heterocycles. The van der Waals surface area contributed by atoms with Crippen molar-refractivity contribution in [3.8, 4) is 0 Å². The van der Waals surface area contributed by atoms with Gasteiger partial charge in [0.1, 0.15) is 6.04 Å². The first-order valence-corrected chi connectivity index (χ1v) is 7.06. The van der Waals surface area contributed by atoms with Gasteiger partial charge in [0, 0.05) is 19.3 Å². The number of carbonyl (C=O) groups is 1. The summed E-state index contributed by atoms with van der Waals surface area (Å²) in [5.41, 5.74) is 7.72. The van der Waals surface area contributed by atoms with Crippen molar-refractivity contribution in [3.05, 3.63) is 29.8 Å². The Morgan fingerprint density at radius 3 is 2.80 bits per heavy atom. The molecule has 0 bridgehead atoms. The molecule has 0 aliphatic carbocycles. The van der Waals surface area contributed by atoms with Crippen LogP contribution in [0.2, 0.25) is 0 Å². The van der Waals surface area contributed by atoms with Gasteiger partial charge in [-0.15, -0.1) is 0 Å². The lowest BCUT2D eigenvalue weighted by atomic mass is 10.1. The Kier molecular flexibility index (Phi) is 5.52. The number of nitrogens with zero attached hydrogens (tertiary/aromatic N) is 1. The number of para-hydroxylation sites is 1. The van der Waals surface area contributed by atoms with E-state index in [-0.39, 0.29) is 12.5 Å². The van der Waals surface area contributed by atoms with Crippen LogP contribution in [-0.4, -0.2) is 43.7 Å². The Labute approximate surface area is 120 Å².